The quantitative estimate of drug-likeness (QED) is 0.549. The van der Waals surface area contributed by atoms with E-state index in [9.17, 15) is 18.8 Å². The van der Waals surface area contributed by atoms with Crippen molar-refractivity contribution < 1.29 is 18.8 Å². The van der Waals surface area contributed by atoms with E-state index in [2.05, 4.69) is 5.32 Å². The summed E-state index contributed by atoms with van der Waals surface area (Å²) in [6.45, 7) is -0.453. The van der Waals surface area contributed by atoms with Crippen LogP contribution in [0.25, 0.3) is 11.8 Å². The van der Waals surface area contributed by atoms with Gasteiger partial charge in [-0.15, -0.1) is 0 Å². The van der Waals surface area contributed by atoms with Gasteiger partial charge in [0.1, 0.15) is 12.4 Å². The molecule has 2 aromatic carbocycles. The summed E-state index contributed by atoms with van der Waals surface area (Å²) in [6, 6.07) is 17.0. The van der Waals surface area contributed by atoms with E-state index in [0.717, 1.165) is 39.8 Å². The summed E-state index contributed by atoms with van der Waals surface area (Å²) in [5.74, 6) is -1.63. The lowest BCUT2D eigenvalue weighted by atomic mass is 10.2. The molecule has 168 valence electrons. The number of benzene rings is 2. The first-order valence-corrected chi connectivity index (χ1v) is 10.9. The van der Waals surface area contributed by atoms with Crippen LogP contribution in [0.5, 0.6) is 0 Å². The molecule has 7 nitrogen and oxygen atoms in total. The Labute approximate surface area is 194 Å². The Morgan fingerprint density at radius 3 is 2.55 bits per heavy atom. The van der Waals surface area contributed by atoms with Gasteiger partial charge in [0.15, 0.2) is 0 Å². The Morgan fingerprint density at radius 1 is 1.09 bits per heavy atom. The first kappa shape index (κ1) is 22.3. The van der Waals surface area contributed by atoms with Crippen molar-refractivity contribution in [3.05, 3.63) is 83.3 Å². The van der Waals surface area contributed by atoms with Gasteiger partial charge in [0.05, 0.1) is 4.91 Å². The van der Waals surface area contributed by atoms with Crippen LogP contribution in [0, 0.1) is 5.82 Å². The van der Waals surface area contributed by atoms with E-state index in [0.29, 0.717) is 0 Å². The molecule has 3 amide bonds. The number of nitrogens with one attached hydrogen (secondary N) is 1. The van der Waals surface area contributed by atoms with Crippen molar-refractivity contribution in [1.29, 1.82) is 0 Å². The van der Waals surface area contributed by atoms with E-state index in [1.54, 1.807) is 6.08 Å². The Morgan fingerprint density at radius 2 is 1.85 bits per heavy atom. The van der Waals surface area contributed by atoms with Crippen molar-refractivity contribution in [3.63, 3.8) is 0 Å². The molecule has 0 aliphatic carbocycles. The Balaban J connectivity index is 1.49. The van der Waals surface area contributed by atoms with Gasteiger partial charge in [-0.2, -0.15) is 0 Å². The summed E-state index contributed by atoms with van der Waals surface area (Å²) >= 11 is 0.780. The molecule has 0 atom stereocenters. The number of hydrogen-bond acceptors (Lipinski definition) is 5. The van der Waals surface area contributed by atoms with Gasteiger partial charge in [-0.25, -0.2) is 4.39 Å². The molecule has 0 radical (unpaired) electrons. The van der Waals surface area contributed by atoms with Crippen LogP contribution in [-0.4, -0.2) is 47.2 Å². The minimum Gasteiger partial charge on any atom is -0.378 e. The van der Waals surface area contributed by atoms with E-state index in [4.69, 9.17) is 0 Å². The van der Waals surface area contributed by atoms with Crippen molar-refractivity contribution in [3.8, 4) is 5.69 Å². The normalized spacial score (nSPS) is 14.8. The molecule has 3 aromatic rings. The summed E-state index contributed by atoms with van der Waals surface area (Å²) in [5.41, 5.74) is 2.94. The zero-order chi connectivity index (χ0) is 23.5. The number of rotatable bonds is 6. The zero-order valence-corrected chi connectivity index (χ0v) is 18.8. The number of carbonyl (C=O) groups excluding carboxylic acids is 3. The predicted octanol–water partition coefficient (Wildman–Crippen LogP) is 4.36. The van der Waals surface area contributed by atoms with Crippen LogP contribution in [0.15, 0.2) is 71.8 Å². The molecule has 1 N–H and O–H groups in total. The van der Waals surface area contributed by atoms with Gasteiger partial charge in [-0.3, -0.25) is 19.3 Å². The monoisotopic (exact) mass is 464 g/mol. The average molecular weight is 465 g/mol. The SMILES string of the molecule is CN(C)c1ccc(-n2cccc2/C=C2/SC(=O)N(CC(=O)Nc3cccc(F)c3)C2=O)cc1. The van der Waals surface area contributed by atoms with Crippen molar-refractivity contribution >= 4 is 46.3 Å². The second-order valence-corrected chi connectivity index (χ2v) is 8.53. The van der Waals surface area contributed by atoms with E-state index in [1.165, 1.54) is 18.2 Å². The lowest BCUT2D eigenvalue weighted by Crippen LogP contribution is -2.36. The third-order valence-electron chi connectivity index (χ3n) is 4.99. The highest BCUT2D eigenvalue weighted by molar-refractivity contribution is 8.18. The number of amides is 3. The van der Waals surface area contributed by atoms with Gasteiger partial charge < -0.3 is 14.8 Å². The molecule has 1 aromatic heterocycles. The molecule has 2 heterocycles. The van der Waals surface area contributed by atoms with Gasteiger partial charge >= 0.3 is 0 Å². The molecule has 1 fully saturated rings. The minimum absolute atomic E-state index is 0.225. The van der Waals surface area contributed by atoms with Crippen LogP contribution in [0.4, 0.5) is 20.6 Å². The van der Waals surface area contributed by atoms with Crippen LogP contribution in [0.3, 0.4) is 0 Å². The molecule has 0 saturated carbocycles. The molecule has 0 unspecified atom stereocenters. The molecule has 1 aliphatic rings. The zero-order valence-electron chi connectivity index (χ0n) is 18.0. The molecule has 0 spiro atoms. The van der Waals surface area contributed by atoms with E-state index < -0.39 is 29.4 Å². The largest absolute Gasteiger partial charge is 0.378 e. The van der Waals surface area contributed by atoms with Crippen LogP contribution in [-0.2, 0) is 9.59 Å². The van der Waals surface area contributed by atoms with Gasteiger partial charge in [0, 0.05) is 43.0 Å². The second-order valence-electron chi connectivity index (χ2n) is 7.54. The van der Waals surface area contributed by atoms with Gasteiger partial charge in [0.2, 0.25) is 5.91 Å². The smallest absolute Gasteiger partial charge is 0.294 e. The highest BCUT2D eigenvalue weighted by Gasteiger charge is 2.36. The molecule has 4 rings (SSSR count). The lowest BCUT2D eigenvalue weighted by Gasteiger charge is -2.14. The van der Waals surface area contributed by atoms with Gasteiger partial charge in [0.25, 0.3) is 11.1 Å². The number of halogens is 1. The van der Waals surface area contributed by atoms with Crippen LogP contribution in [0.2, 0.25) is 0 Å². The highest BCUT2D eigenvalue weighted by atomic mass is 32.2. The fourth-order valence-corrected chi connectivity index (χ4v) is 4.16. The van der Waals surface area contributed by atoms with E-state index >= 15 is 0 Å². The second kappa shape index (κ2) is 9.33. The molecular weight excluding hydrogens is 443 g/mol. The van der Waals surface area contributed by atoms with Gasteiger partial charge in [-0.05, 0) is 72.4 Å². The standard InChI is InChI=1S/C24H21FN4O3S/c1-27(2)18-8-10-19(11-9-18)28-12-4-7-20(28)14-21-23(31)29(24(32)33-21)15-22(30)26-17-6-3-5-16(25)13-17/h3-14H,15H2,1-2H3,(H,26,30)/b21-14+. The number of aromatic nitrogens is 1. The fourth-order valence-electron chi connectivity index (χ4n) is 3.34. The maximum atomic E-state index is 13.3. The molecule has 33 heavy (non-hydrogen) atoms. The van der Waals surface area contributed by atoms with Gasteiger partial charge in [-0.1, -0.05) is 6.07 Å². The predicted molar refractivity (Wildman–Crippen MR) is 128 cm³/mol. The first-order valence-electron chi connectivity index (χ1n) is 10.1. The Hall–Kier alpha value is -3.85. The fraction of sp³-hybridized carbons (Fsp3) is 0.125. The summed E-state index contributed by atoms with van der Waals surface area (Å²) in [6.07, 6.45) is 3.50. The van der Waals surface area contributed by atoms with Crippen molar-refractivity contribution in [2.24, 2.45) is 0 Å². The molecule has 0 bridgehead atoms. The van der Waals surface area contributed by atoms with Crippen LogP contribution < -0.4 is 10.2 Å². The highest BCUT2D eigenvalue weighted by Crippen LogP contribution is 2.32. The average Bonchev–Trinajstić information content (AvgIpc) is 3.34. The molecule has 1 saturated heterocycles. The van der Waals surface area contributed by atoms with E-state index in [1.807, 2.05) is 66.2 Å². The Bertz CT molecular complexity index is 1250. The number of carbonyl (C=O) groups is 3. The summed E-state index contributed by atoms with van der Waals surface area (Å²) in [7, 11) is 3.93. The number of anilines is 2. The molecular formula is C24H21FN4O3S. The summed E-state index contributed by atoms with van der Waals surface area (Å²) in [5, 5.41) is 1.96. The first-order chi connectivity index (χ1) is 15.8. The van der Waals surface area contributed by atoms with E-state index in [-0.39, 0.29) is 10.6 Å². The maximum Gasteiger partial charge on any atom is 0.294 e. The third kappa shape index (κ3) is 4.98. The maximum absolute atomic E-state index is 13.3. The van der Waals surface area contributed by atoms with Crippen LogP contribution in [0.1, 0.15) is 5.69 Å². The van der Waals surface area contributed by atoms with Crippen molar-refractivity contribution in [1.82, 2.24) is 9.47 Å². The Kier molecular flexibility index (Phi) is 6.32. The number of hydrogen-bond donors (Lipinski definition) is 1. The lowest BCUT2D eigenvalue weighted by molar-refractivity contribution is -0.127. The number of imide groups is 1. The molecule has 1 aliphatic heterocycles. The van der Waals surface area contributed by atoms with Crippen molar-refractivity contribution in [2.75, 3.05) is 30.9 Å². The number of nitrogens with zero attached hydrogens (tertiary/aromatic N) is 3. The van der Waals surface area contributed by atoms with Crippen LogP contribution >= 0.6 is 11.8 Å². The van der Waals surface area contributed by atoms with Crippen molar-refractivity contribution in [2.45, 2.75) is 0 Å². The topological polar surface area (TPSA) is 74.7 Å². The minimum atomic E-state index is -0.589. The number of thioether (sulfide) groups is 1. The summed E-state index contributed by atoms with van der Waals surface area (Å²) < 4.78 is 15.2. The summed E-state index contributed by atoms with van der Waals surface area (Å²) in [4.78, 5) is 40.6. The molecule has 9 heteroatoms. The third-order valence-corrected chi connectivity index (χ3v) is 5.89.